The lowest BCUT2D eigenvalue weighted by molar-refractivity contribution is -0.137. The molecule has 17 heavy (non-hydrogen) atoms. The van der Waals surface area contributed by atoms with Crippen molar-refractivity contribution in [1.29, 1.82) is 0 Å². The fourth-order valence-electron chi connectivity index (χ4n) is 1.40. The number of nitrogens with zero attached hydrogens (tertiary/aromatic N) is 1. The Kier molecular flexibility index (Phi) is 4.14. The second kappa shape index (κ2) is 5.04. The van der Waals surface area contributed by atoms with Crippen LogP contribution in [0.1, 0.15) is 33.6 Å². The molecule has 3 N–H and O–H groups in total. The van der Waals surface area contributed by atoms with Gasteiger partial charge in [0.25, 0.3) is 0 Å². The second-order valence-corrected chi connectivity index (χ2v) is 5.88. The summed E-state index contributed by atoms with van der Waals surface area (Å²) in [5.41, 5.74) is 5.57. The van der Waals surface area contributed by atoms with Gasteiger partial charge in [-0.25, -0.2) is 0 Å². The SMILES string of the molecule is CN(CC(=O)NC1CC1)C(=O)C(N)C(C)(C)C. The fraction of sp³-hybridized carbons (Fsp3) is 0.833. The molecule has 0 aliphatic heterocycles. The van der Waals surface area contributed by atoms with Crippen LogP contribution in [0.4, 0.5) is 0 Å². The van der Waals surface area contributed by atoms with Crippen LogP contribution in [0, 0.1) is 5.41 Å². The highest BCUT2D eigenvalue weighted by atomic mass is 16.2. The van der Waals surface area contributed by atoms with Gasteiger partial charge in [-0.05, 0) is 18.3 Å². The summed E-state index contributed by atoms with van der Waals surface area (Å²) in [6.45, 7) is 5.81. The Balaban J connectivity index is 2.42. The third-order valence-electron chi connectivity index (χ3n) is 2.90. The van der Waals surface area contributed by atoms with Gasteiger partial charge in [-0.1, -0.05) is 20.8 Å². The smallest absolute Gasteiger partial charge is 0.240 e. The molecular weight excluding hydrogens is 218 g/mol. The Hall–Kier alpha value is -1.10. The molecule has 1 aliphatic rings. The monoisotopic (exact) mass is 241 g/mol. The molecule has 0 aromatic rings. The molecule has 0 aromatic carbocycles. The fourth-order valence-corrected chi connectivity index (χ4v) is 1.40. The number of hydrogen-bond donors (Lipinski definition) is 2. The van der Waals surface area contributed by atoms with Gasteiger partial charge < -0.3 is 16.0 Å². The molecule has 1 aliphatic carbocycles. The van der Waals surface area contributed by atoms with Crippen LogP contribution in [0.25, 0.3) is 0 Å². The lowest BCUT2D eigenvalue weighted by Gasteiger charge is -2.29. The number of carbonyl (C=O) groups excluding carboxylic acids is 2. The van der Waals surface area contributed by atoms with Crippen LogP contribution in [0.5, 0.6) is 0 Å². The summed E-state index contributed by atoms with van der Waals surface area (Å²) in [5, 5.41) is 2.84. The number of likely N-dealkylation sites (N-methyl/N-ethyl adjacent to an activating group) is 1. The number of nitrogens with one attached hydrogen (secondary N) is 1. The van der Waals surface area contributed by atoms with E-state index in [4.69, 9.17) is 5.73 Å². The van der Waals surface area contributed by atoms with Gasteiger partial charge >= 0.3 is 0 Å². The predicted molar refractivity (Wildman–Crippen MR) is 66.2 cm³/mol. The van der Waals surface area contributed by atoms with Crippen LogP contribution in [-0.4, -0.2) is 42.4 Å². The van der Waals surface area contributed by atoms with Crippen molar-refractivity contribution in [3.63, 3.8) is 0 Å². The summed E-state index contributed by atoms with van der Waals surface area (Å²) in [7, 11) is 1.61. The molecule has 0 bridgehead atoms. The Morgan fingerprint density at radius 1 is 1.41 bits per heavy atom. The molecule has 1 rings (SSSR count). The van der Waals surface area contributed by atoms with Gasteiger partial charge in [0.2, 0.25) is 11.8 Å². The van der Waals surface area contributed by atoms with E-state index in [9.17, 15) is 9.59 Å². The summed E-state index contributed by atoms with van der Waals surface area (Å²) in [5.74, 6) is -0.298. The van der Waals surface area contributed by atoms with Gasteiger partial charge in [0.1, 0.15) is 0 Å². The zero-order valence-electron chi connectivity index (χ0n) is 11.1. The Morgan fingerprint density at radius 3 is 2.35 bits per heavy atom. The van der Waals surface area contributed by atoms with Gasteiger partial charge in [-0.15, -0.1) is 0 Å². The van der Waals surface area contributed by atoms with Crippen LogP contribution in [0.15, 0.2) is 0 Å². The van der Waals surface area contributed by atoms with Crippen molar-refractivity contribution in [3.8, 4) is 0 Å². The summed E-state index contributed by atoms with van der Waals surface area (Å²) in [6.07, 6.45) is 2.09. The van der Waals surface area contributed by atoms with Crippen molar-refractivity contribution in [2.24, 2.45) is 11.1 Å². The second-order valence-electron chi connectivity index (χ2n) is 5.88. The van der Waals surface area contributed by atoms with Gasteiger partial charge in [0.05, 0.1) is 12.6 Å². The predicted octanol–water partition coefficient (Wildman–Crippen LogP) is 0.0968. The minimum Gasteiger partial charge on any atom is -0.352 e. The van der Waals surface area contributed by atoms with E-state index in [0.717, 1.165) is 12.8 Å². The molecule has 0 radical (unpaired) electrons. The highest BCUT2D eigenvalue weighted by Gasteiger charge is 2.31. The highest BCUT2D eigenvalue weighted by Crippen LogP contribution is 2.19. The van der Waals surface area contributed by atoms with E-state index in [1.165, 1.54) is 4.90 Å². The van der Waals surface area contributed by atoms with E-state index in [0.29, 0.717) is 6.04 Å². The Bertz CT molecular complexity index is 305. The van der Waals surface area contributed by atoms with E-state index >= 15 is 0 Å². The van der Waals surface area contributed by atoms with E-state index in [1.54, 1.807) is 7.05 Å². The summed E-state index contributed by atoms with van der Waals surface area (Å²) in [6, 6.07) is -0.261. The zero-order chi connectivity index (χ0) is 13.2. The van der Waals surface area contributed by atoms with Crippen molar-refractivity contribution in [2.45, 2.75) is 45.7 Å². The number of nitrogens with two attached hydrogens (primary N) is 1. The topological polar surface area (TPSA) is 75.4 Å². The molecule has 98 valence electrons. The van der Waals surface area contributed by atoms with Crippen LogP contribution in [0.2, 0.25) is 0 Å². The molecule has 1 saturated carbocycles. The lowest BCUT2D eigenvalue weighted by atomic mass is 9.86. The average molecular weight is 241 g/mol. The van der Waals surface area contributed by atoms with E-state index in [1.807, 2.05) is 20.8 Å². The maximum atomic E-state index is 11.9. The third-order valence-corrected chi connectivity index (χ3v) is 2.90. The number of rotatable bonds is 4. The third kappa shape index (κ3) is 4.34. The van der Waals surface area contributed by atoms with E-state index < -0.39 is 6.04 Å². The summed E-state index contributed by atoms with van der Waals surface area (Å²) in [4.78, 5) is 24.9. The maximum absolute atomic E-state index is 11.9. The van der Waals surface area contributed by atoms with Crippen molar-refractivity contribution >= 4 is 11.8 Å². The van der Waals surface area contributed by atoms with Gasteiger partial charge in [0, 0.05) is 13.1 Å². The number of hydrogen-bond acceptors (Lipinski definition) is 3. The van der Waals surface area contributed by atoms with Crippen LogP contribution in [-0.2, 0) is 9.59 Å². The number of amides is 2. The first-order valence-corrected chi connectivity index (χ1v) is 6.01. The Labute approximate surface area is 103 Å². The molecule has 2 amide bonds. The van der Waals surface area contributed by atoms with Crippen molar-refractivity contribution in [3.05, 3.63) is 0 Å². The largest absolute Gasteiger partial charge is 0.352 e. The molecule has 0 heterocycles. The minimum absolute atomic E-state index is 0.0825. The molecule has 5 nitrogen and oxygen atoms in total. The summed E-state index contributed by atoms with van der Waals surface area (Å²) < 4.78 is 0. The molecule has 0 aromatic heterocycles. The van der Waals surface area contributed by atoms with Gasteiger partial charge in [0.15, 0.2) is 0 Å². The highest BCUT2D eigenvalue weighted by molar-refractivity contribution is 5.87. The zero-order valence-corrected chi connectivity index (χ0v) is 11.1. The standard InChI is InChI=1S/C12H23N3O2/c1-12(2,3)10(13)11(17)15(4)7-9(16)14-8-5-6-8/h8,10H,5-7,13H2,1-4H3,(H,14,16). The minimum atomic E-state index is -0.582. The van der Waals surface area contributed by atoms with Gasteiger partial charge in [-0.3, -0.25) is 9.59 Å². The first-order valence-electron chi connectivity index (χ1n) is 6.01. The van der Waals surface area contributed by atoms with Crippen molar-refractivity contribution < 1.29 is 9.59 Å². The van der Waals surface area contributed by atoms with Crippen LogP contribution in [0.3, 0.4) is 0 Å². The quantitative estimate of drug-likeness (QED) is 0.733. The molecular formula is C12H23N3O2. The first-order chi connectivity index (χ1) is 7.71. The molecule has 1 unspecified atom stereocenters. The van der Waals surface area contributed by atoms with Gasteiger partial charge in [-0.2, -0.15) is 0 Å². The summed E-state index contributed by atoms with van der Waals surface area (Å²) >= 11 is 0. The van der Waals surface area contributed by atoms with Crippen LogP contribution >= 0.6 is 0 Å². The lowest BCUT2D eigenvalue weighted by Crippen LogP contribution is -2.51. The van der Waals surface area contributed by atoms with E-state index in [2.05, 4.69) is 5.32 Å². The normalized spacial score (nSPS) is 17.5. The first kappa shape index (κ1) is 14.0. The average Bonchev–Trinajstić information content (AvgIpc) is 2.97. The Morgan fingerprint density at radius 2 is 1.94 bits per heavy atom. The molecule has 0 spiro atoms. The van der Waals surface area contributed by atoms with Crippen molar-refractivity contribution in [1.82, 2.24) is 10.2 Å². The van der Waals surface area contributed by atoms with Crippen LogP contribution < -0.4 is 11.1 Å². The maximum Gasteiger partial charge on any atom is 0.240 e. The molecule has 1 fully saturated rings. The molecule has 0 saturated heterocycles. The molecule has 5 heteroatoms. The van der Waals surface area contributed by atoms with Crippen molar-refractivity contribution in [2.75, 3.05) is 13.6 Å². The molecule has 1 atom stereocenters. The number of carbonyl (C=O) groups is 2. The van der Waals surface area contributed by atoms with E-state index in [-0.39, 0.29) is 23.8 Å².